The van der Waals surface area contributed by atoms with Crippen LogP contribution in [0.3, 0.4) is 0 Å². The molecule has 7 nitrogen and oxygen atoms in total. The summed E-state index contributed by atoms with van der Waals surface area (Å²) in [5.74, 6) is 0.223. The molecule has 2 amide bonds. The van der Waals surface area contributed by atoms with Crippen LogP contribution in [0, 0.1) is 10.5 Å². The van der Waals surface area contributed by atoms with Crippen LogP contribution in [0.4, 0.5) is 5.69 Å². The van der Waals surface area contributed by atoms with Crippen molar-refractivity contribution in [3.05, 3.63) is 85.9 Å². The Labute approximate surface area is 210 Å². The molecule has 0 atom stereocenters. The number of methoxy groups -OCH3 is 1. The lowest BCUT2D eigenvalue weighted by Gasteiger charge is -2.14. The minimum Gasteiger partial charge on any atom is -0.493 e. The lowest BCUT2D eigenvalue weighted by Crippen LogP contribution is -2.20. The van der Waals surface area contributed by atoms with Crippen molar-refractivity contribution in [2.75, 3.05) is 19.0 Å². The smallest absolute Gasteiger partial charge is 0.271 e. The molecule has 0 aliphatic carbocycles. The molecule has 3 aromatic rings. The molecule has 170 valence electrons. The molecule has 0 saturated carbocycles. The van der Waals surface area contributed by atoms with E-state index in [1.54, 1.807) is 48.5 Å². The highest BCUT2D eigenvalue weighted by Gasteiger charge is 2.14. The van der Waals surface area contributed by atoms with Gasteiger partial charge in [0.2, 0.25) is 0 Å². The Bertz CT molecular complexity index is 1190. The van der Waals surface area contributed by atoms with Gasteiger partial charge in [-0.3, -0.25) is 9.59 Å². The van der Waals surface area contributed by atoms with Gasteiger partial charge in [0.1, 0.15) is 0 Å². The Morgan fingerprint density at radius 1 is 1.12 bits per heavy atom. The second kappa shape index (κ2) is 11.7. The van der Waals surface area contributed by atoms with Gasteiger partial charge in [-0.25, -0.2) is 5.43 Å². The average Bonchev–Trinajstić information content (AvgIpc) is 2.81. The topological polar surface area (TPSA) is 89.0 Å². The van der Waals surface area contributed by atoms with Crippen LogP contribution in [0.5, 0.6) is 11.5 Å². The predicted octanol–water partition coefficient (Wildman–Crippen LogP) is 5.04. The van der Waals surface area contributed by atoms with E-state index in [9.17, 15) is 9.59 Å². The molecule has 0 fully saturated rings. The van der Waals surface area contributed by atoms with Crippen molar-refractivity contribution in [1.29, 1.82) is 0 Å². The molecule has 0 saturated heterocycles. The molecule has 33 heavy (non-hydrogen) atoms. The molecule has 3 aromatic carbocycles. The molecule has 0 bridgehead atoms. The van der Waals surface area contributed by atoms with Gasteiger partial charge in [-0.15, -0.1) is 0 Å². The van der Waals surface area contributed by atoms with Gasteiger partial charge in [0.15, 0.2) is 18.1 Å². The fraction of sp³-hybridized carbons (Fsp3) is 0.125. The standard InChI is InChI=1S/C24H21ClIN3O4/c1-15-8-9-18(12-19(15)25)28-22(30)14-33-23-20(26)10-16(11-21(23)32-2)13-27-29-24(31)17-6-4-3-5-7-17/h3-13H,14H2,1-2H3,(H,28,30)(H,29,31)/b27-13+. The largest absolute Gasteiger partial charge is 0.493 e. The Balaban J connectivity index is 1.63. The summed E-state index contributed by atoms with van der Waals surface area (Å²) < 4.78 is 11.8. The number of amides is 2. The van der Waals surface area contributed by atoms with Crippen LogP contribution in [0.25, 0.3) is 0 Å². The van der Waals surface area contributed by atoms with E-state index in [2.05, 4.69) is 38.4 Å². The quantitative estimate of drug-likeness (QED) is 0.223. The summed E-state index contributed by atoms with van der Waals surface area (Å²) in [6.07, 6.45) is 1.50. The van der Waals surface area contributed by atoms with Crippen molar-refractivity contribution >= 4 is 57.9 Å². The Morgan fingerprint density at radius 3 is 2.58 bits per heavy atom. The second-order valence-electron chi connectivity index (χ2n) is 6.90. The second-order valence-corrected chi connectivity index (χ2v) is 8.47. The van der Waals surface area contributed by atoms with Crippen LogP contribution in [-0.4, -0.2) is 31.7 Å². The van der Waals surface area contributed by atoms with Gasteiger partial charge in [-0.05, 0) is 77.0 Å². The number of benzene rings is 3. The molecule has 9 heteroatoms. The minimum absolute atomic E-state index is 0.210. The van der Waals surface area contributed by atoms with E-state index in [0.717, 1.165) is 5.56 Å². The van der Waals surface area contributed by atoms with Crippen LogP contribution in [-0.2, 0) is 4.79 Å². The van der Waals surface area contributed by atoms with Crippen LogP contribution < -0.4 is 20.2 Å². The van der Waals surface area contributed by atoms with Gasteiger partial charge in [0.05, 0.1) is 16.9 Å². The Kier molecular flexibility index (Phi) is 8.67. The van der Waals surface area contributed by atoms with Crippen molar-refractivity contribution in [2.45, 2.75) is 6.92 Å². The summed E-state index contributed by atoms with van der Waals surface area (Å²) >= 11 is 8.18. The SMILES string of the molecule is COc1cc(/C=N/NC(=O)c2ccccc2)cc(I)c1OCC(=O)Nc1ccc(C)c(Cl)c1. The fourth-order valence-electron chi connectivity index (χ4n) is 2.78. The van der Waals surface area contributed by atoms with Crippen LogP contribution >= 0.6 is 34.2 Å². The van der Waals surface area contributed by atoms with E-state index in [1.807, 2.05) is 19.1 Å². The third kappa shape index (κ3) is 6.93. The van der Waals surface area contributed by atoms with Crippen LogP contribution in [0.15, 0.2) is 65.8 Å². The van der Waals surface area contributed by atoms with Crippen LogP contribution in [0.2, 0.25) is 5.02 Å². The Hall–Kier alpha value is -3.11. The van der Waals surface area contributed by atoms with Gasteiger partial charge >= 0.3 is 0 Å². The summed E-state index contributed by atoms with van der Waals surface area (Å²) in [7, 11) is 1.50. The van der Waals surface area contributed by atoms with Gasteiger partial charge in [-0.2, -0.15) is 5.10 Å². The molecule has 0 aliphatic rings. The molecular weight excluding hydrogens is 557 g/mol. The monoisotopic (exact) mass is 577 g/mol. The van der Waals surface area contributed by atoms with Gasteiger partial charge < -0.3 is 14.8 Å². The van der Waals surface area contributed by atoms with E-state index in [1.165, 1.54) is 13.3 Å². The number of aryl methyl sites for hydroxylation is 1. The normalized spacial score (nSPS) is 10.7. The molecule has 0 aromatic heterocycles. The molecule has 3 rings (SSSR count). The first kappa shape index (κ1) is 24.5. The summed E-state index contributed by atoms with van der Waals surface area (Å²) in [4.78, 5) is 24.4. The minimum atomic E-state index is -0.331. The lowest BCUT2D eigenvalue weighted by atomic mass is 10.2. The van der Waals surface area contributed by atoms with Gasteiger partial charge in [0.25, 0.3) is 11.8 Å². The number of hydrogen-bond donors (Lipinski definition) is 2. The number of carbonyl (C=O) groups excluding carboxylic acids is 2. The number of hydrazone groups is 1. The predicted molar refractivity (Wildman–Crippen MR) is 138 cm³/mol. The van der Waals surface area contributed by atoms with E-state index in [-0.39, 0.29) is 18.4 Å². The van der Waals surface area contributed by atoms with Crippen molar-refractivity contribution in [3.8, 4) is 11.5 Å². The number of anilines is 1. The maximum atomic E-state index is 12.3. The summed E-state index contributed by atoms with van der Waals surface area (Å²) in [5, 5.41) is 7.32. The number of halogens is 2. The number of nitrogens with one attached hydrogen (secondary N) is 2. The summed E-state index contributed by atoms with van der Waals surface area (Å²) in [5.41, 5.74) is 5.20. The van der Waals surface area contributed by atoms with E-state index < -0.39 is 0 Å². The molecule has 2 N–H and O–H groups in total. The number of rotatable bonds is 8. The maximum absolute atomic E-state index is 12.3. The molecule has 0 radical (unpaired) electrons. The van der Waals surface area contributed by atoms with E-state index in [4.69, 9.17) is 21.1 Å². The zero-order valence-electron chi connectivity index (χ0n) is 17.9. The Morgan fingerprint density at radius 2 is 1.88 bits per heavy atom. The third-order valence-corrected chi connectivity index (χ3v) is 5.68. The summed E-state index contributed by atoms with van der Waals surface area (Å²) in [6.45, 7) is 1.68. The first-order valence-electron chi connectivity index (χ1n) is 9.82. The maximum Gasteiger partial charge on any atom is 0.271 e. The lowest BCUT2D eigenvalue weighted by molar-refractivity contribution is -0.118. The average molecular weight is 578 g/mol. The summed E-state index contributed by atoms with van der Waals surface area (Å²) in [6, 6.07) is 17.6. The first-order valence-corrected chi connectivity index (χ1v) is 11.3. The van der Waals surface area contributed by atoms with E-state index in [0.29, 0.717) is 36.9 Å². The highest BCUT2D eigenvalue weighted by atomic mass is 127. The van der Waals surface area contributed by atoms with E-state index >= 15 is 0 Å². The van der Waals surface area contributed by atoms with Gasteiger partial charge in [0, 0.05) is 16.3 Å². The third-order valence-electron chi connectivity index (χ3n) is 4.47. The molecule has 0 unspecified atom stereocenters. The van der Waals surface area contributed by atoms with Crippen molar-refractivity contribution in [3.63, 3.8) is 0 Å². The number of ether oxygens (including phenoxy) is 2. The molecule has 0 heterocycles. The fourth-order valence-corrected chi connectivity index (χ4v) is 3.74. The molecule has 0 spiro atoms. The van der Waals surface area contributed by atoms with Crippen molar-refractivity contribution < 1.29 is 19.1 Å². The van der Waals surface area contributed by atoms with Crippen molar-refractivity contribution in [2.24, 2.45) is 5.10 Å². The van der Waals surface area contributed by atoms with Crippen molar-refractivity contribution in [1.82, 2.24) is 5.43 Å². The van der Waals surface area contributed by atoms with Crippen LogP contribution in [0.1, 0.15) is 21.5 Å². The highest BCUT2D eigenvalue weighted by molar-refractivity contribution is 14.1. The zero-order chi connectivity index (χ0) is 23.8. The number of carbonyl (C=O) groups is 2. The highest BCUT2D eigenvalue weighted by Crippen LogP contribution is 2.33. The molecular formula is C24H21ClIN3O4. The molecule has 0 aliphatic heterocycles. The van der Waals surface area contributed by atoms with Gasteiger partial charge in [-0.1, -0.05) is 35.9 Å². The number of nitrogens with zero attached hydrogens (tertiary/aromatic N) is 1. The first-order chi connectivity index (χ1) is 15.9. The zero-order valence-corrected chi connectivity index (χ0v) is 20.8. The number of hydrogen-bond acceptors (Lipinski definition) is 5.